The van der Waals surface area contributed by atoms with Crippen molar-refractivity contribution in [3.05, 3.63) is 29.6 Å². The van der Waals surface area contributed by atoms with Crippen molar-refractivity contribution >= 4 is 11.8 Å². The number of nitrogens with zero attached hydrogens (tertiary/aromatic N) is 2. The summed E-state index contributed by atoms with van der Waals surface area (Å²) in [5, 5.41) is 0. The molecular weight excluding hydrogens is 204 g/mol. The highest BCUT2D eigenvalue weighted by molar-refractivity contribution is 7.99. The Balaban J connectivity index is 1.92. The van der Waals surface area contributed by atoms with Crippen molar-refractivity contribution in [2.24, 2.45) is 0 Å². The van der Waals surface area contributed by atoms with E-state index < -0.39 is 0 Å². The van der Waals surface area contributed by atoms with Gasteiger partial charge in [0, 0.05) is 25.0 Å². The molecule has 0 radical (unpaired) electrons. The maximum Gasteiger partial charge on any atom is 0.0544 e. The second-order valence-electron chi connectivity index (χ2n) is 4.07. The van der Waals surface area contributed by atoms with Crippen LogP contribution in [0, 0.1) is 6.92 Å². The summed E-state index contributed by atoms with van der Waals surface area (Å²) in [6.45, 7) is 5.53. The second-order valence-corrected chi connectivity index (χ2v) is 5.29. The lowest BCUT2D eigenvalue weighted by Gasteiger charge is -2.18. The van der Waals surface area contributed by atoms with Gasteiger partial charge in [-0.15, -0.1) is 0 Å². The molecular formula is C12H18N2S. The van der Waals surface area contributed by atoms with Gasteiger partial charge in [0.05, 0.1) is 5.69 Å². The lowest BCUT2D eigenvalue weighted by Crippen LogP contribution is -2.25. The topological polar surface area (TPSA) is 16.1 Å². The van der Waals surface area contributed by atoms with Gasteiger partial charge in [-0.25, -0.2) is 0 Å². The molecule has 0 atom stereocenters. The molecule has 0 unspecified atom stereocenters. The van der Waals surface area contributed by atoms with Gasteiger partial charge < -0.3 is 0 Å². The molecule has 1 saturated heterocycles. The fourth-order valence-electron chi connectivity index (χ4n) is 1.78. The van der Waals surface area contributed by atoms with Crippen molar-refractivity contribution in [1.82, 2.24) is 9.88 Å². The van der Waals surface area contributed by atoms with Gasteiger partial charge in [-0.3, -0.25) is 9.88 Å². The Bertz CT molecular complexity index is 289. The van der Waals surface area contributed by atoms with Crippen LogP contribution < -0.4 is 0 Å². The molecule has 1 aliphatic rings. The highest BCUT2D eigenvalue weighted by Crippen LogP contribution is 2.12. The summed E-state index contributed by atoms with van der Waals surface area (Å²) in [5.74, 6) is 2.59. The zero-order chi connectivity index (χ0) is 10.5. The fourth-order valence-corrected chi connectivity index (χ4v) is 2.70. The monoisotopic (exact) mass is 222 g/mol. The molecule has 1 aliphatic heterocycles. The first kappa shape index (κ1) is 11.0. The summed E-state index contributed by atoms with van der Waals surface area (Å²) < 4.78 is 0. The molecule has 2 rings (SSSR count). The molecule has 0 saturated carbocycles. The third-order valence-electron chi connectivity index (χ3n) is 2.67. The number of hydrogen-bond donors (Lipinski definition) is 0. The van der Waals surface area contributed by atoms with Gasteiger partial charge in [0.25, 0.3) is 0 Å². The van der Waals surface area contributed by atoms with E-state index in [9.17, 15) is 0 Å². The van der Waals surface area contributed by atoms with Crippen LogP contribution in [-0.2, 0) is 6.54 Å². The van der Waals surface area contributed by atoms with Crippen molar-refractivity contribution in [3.8, 4) is 0 Å². The van der Waals surface area contributed by atoms with Crippen LogP contribution in [0.1, 0.15) is 17.7 Å². The normalized spacial score (nSPS) is 18.7. The zero-order valence-electron chi connectivity index (χ0n) is 9.28. The molecule has 1 aromatic rings. The summed E-state index contributed by atoms with van der Waals surface area (Å²) in [6, 6.07) is 4.29. The standard InChI is InChI=1S/C12H18N2S/c1-11-3-4-12(13-9-11)10-14-5-2-7-15-8-6-14/h3-4,9H,2,5-8,10H2,1H3. The van der Waals surface area contributed by atoms with Crippen LogP contribution in [0.3, 0.4) is 0 Å². The Morgan fingerprint density at radius 1 is 1.33 bits per heavy atom. The van der Waals surface area contributed by atoms with Crippen molar-refractivity contribution in [1.29, 1.82) is 0 Å². The summed E-state index contributed by atoms with van der Waals surface area (Å²) in [7, 11) is 0. The average Bonchev–Trinajstić information content (AvgIpc) is 2.50. The number of rotatable bonds is 2. The van der Waals surface area contributed by atoms with E-state index in [1.165, 1.54) is 42.3 Å². The Labute approximate surface area is 96.1 Å². The molecule has 2 nitrogen and oxygen atoms in total. The van der Waals surface area contributed by atoms with Crippen LogP contribution in [0.2, 0.25) is 0 Å². The molecule has 82 valence electrons. The fraction of sp³-hybridized carbons (Fsp3) is 0.583. The molecule has 0 aromatic carbocycles. The van der Waals surface area contributed by atoms with Crippen molar-refractivity contribution < 1.29 is 0 Å². The average molecular weight is 222 g/mol. The van der Waals surface area contributed by atoms with Crippen LogP contribution in [0.15, 0.2) is 18.3 Å². The van der Waals surface area contributed by atoms with Gasteiger partial charge in [0.2, 0.25) is 0 Å². The molecule has 0 N–H and O–H groups in total. The van der Waals surface area contributed by atoms with Crippen LogP contribution in [0.25, 0.3) is 0 Å². The quantitative estimate of drug-likeness (QED) is 0.764. The van der Waals surface area contributed by atoms with E-state index >= 15 is 0 Å². The summed E-state index contributed by atoms with van der Waals surface area (Å²) in [5.41, 5.74) is 2.44. The second kappa shape index (κ2) is 5.52. The van der Waals surface area contributed by atoms with Crippen LogP contribution >= 0.6 is 11.8 Å². The minimum absolute atomic E-state index is 1.01. The van der Waals surface area contributed by atoms with E-state index in [0.717, 1.165) is 6.54 Å². The molecule has 2 heterocycles. The Hall–Kier alpha value is -0.540. The number of aromatic nitrogens is 1. The lowest BCUT2D eigenvalue weighted by molar-refractivity contribution is 0.284. The predicted molar refractivity (Wildman–Crippen MR) is 66.2 cm³/mol. The first-order valence-corrected chi connectivity index (χ1v) is 6.72. The van der Waals surface area contributed by atoms with Crippen LogP contribution in [0.4, 0.5) is 0 Å². The van der Waals surface area contributed by atoms with Crippen molar-refractivity contribution in [2.75, 3.05) is 24.6 Å². The van der Waals surface area contributed by atoms with Gasteiger partial charge in [-0.1, -0.05) is 6.07 Å². The number of thioether (sulfide) groups is 1. The van der Waals surface area contributed by atoms with E-state index in [1.807, 2.05) is 6.20 Å². The number of hydrogen-bond acceptors (Lipinski definition) is 3. The van der Waals surface area contributed by atoms with E-state index in [0.29, 0.717) is 0 Å². The minimum atomic E-state index is 1.01. The Kier molecular flexibility index (Phi) is 4.03. The highest BCUT2D eigenvalue weighted by atomic mass is 32.2. The van der Waals surface area contributed by atoms with Crippen molar-refractivity contribution in [2.45, 2.75) is 19.9 Å². The largest absolute Gasteiger partial charge is 0.297 e. The van der Waals surface area contributed by atoms with Crippen LogP contribution in [-0.4, -0.2) is 34.5 Å². The maximum atomic E-state index is 4.45. The number of aryl methyl sites for hydroxylation is 1. The van der Waals surface area contributed by atoms with Gasteiger partial charge in [-0.2, -0.15) is 11.8 Å². The molecule has 3 heteroatoms. The first-order chi connectivity index (χ1) is 7.34. The molecule has 1 fully saturated rings. The van der Waals surface area contributed by atoms with Crippen molar-refractivity contribution in [3.63, 3.8) is 0 Å². The highest BCUT2D eigenvalue weighted by Gasteiger charge is 2.09. The van der Waals surface area contributed by atoms with E-state index in [4.69, 9.17) is 0 Å². The SMILES string of the molecule is Cc1ccc(CN2CCCSCC2)nc1. The minimum Gasteiger partial charge on any atom is -0.297 e. The zero-order valence-corrected chi connectivity index (χ0v) is 10.1. The number of pyridine rings is 1. The predicted octanol–water partition coefficient (Wildman–Crippen LogP) is 2.33. The third kappa shape index (κ3) is 3.50. The molecule has 0 amide bonds. The van der Waals surface area contributed by atoms with E-state index in [-0.39, 0.29) is 0 Å². The van der Waals surface area contributed by atoms with Gasteiger partial charge in [0.1, 0.15) is 0 Å². The lowest BCUT2D eigenvalue weighted by atomic mass is 10.2. The third-order valence-corrected chi connectivity index (χ3v) is 3.72. The Morgan fingerprint density at radius 3 is 3.07 bits per heavy atom. The molecule has 0 spiro atoms. The molecule has 0 aliphatic carbocycles. The van der Waals surface area contributed by atoms with E-state index in [1.54, 1.807) is 0 Å². The maximum absolute atomic E-state index is 4.45. The summed E-state index contributed by atoms with van der Waals surface area (Å²) in [6.07, 6.45) is 3.28. The smallest absolute Gasteiger partial charge is 0.0544 e. The first-order valence-electron chi connectivity index (χ1n) is 5.56. The summed E-state index contributed by atoms with van der Waals surface area (Å²) >= 11 is 2.07. The van der Waals surface area contributed by atoms with Crippen LogP contribution in [0.5, 0.6) is 0 Å². The molecule has 0 bridgehead atoms. The Morgan fingerprint density at radius 2 is 2.27 bits per heavy atom. The summed E-state index contributed by atoms with van der Waals surface area (Å²) in [4.78, 5) is 6.97. The van der Waals surface area contributed by atoms with Gasteiger partial charge >= 0.3 is 0 Å². The van der Waals surface area contributed by atoms with Gasteiger partial charge in [0.15, 0.2) is 0 Å². The van der Waals surface area contributed by atoms with E-state index in [2.05, 4.69) is 40.7 Å². The molecule has 15 heavy (non-hydrogen) atoms. The molecule has 1 aromatic heterocycles. The van der Waals surface area contributed by atoms with Gasteiger partial charge in [-0.05, 0) is 37.3 Å².